The Morgan fingerprint density at radius 3 is 2.73 bits per heavy atom. The van der Waals surface area contributed by atoms with Gasteiger partial charge in [0.2, 0.25) is 5.91 Å². The first-order valence-corrected chi connectivity index (χ1v) is 12.0. The van der Waals surface area contributed by atoms with E-state index in [0.717, 1.165) is 47.9 Å². The first-order chi connectivity index (χ1) is 15.9. The number of benzene rings is 1. The summed E-state index contributed by atoms with van der Waals surface area (Å²) >= 11 is 1.44. The fourth-order valence-electron chi connectivity index (χ4n) is 3.86. The van der Waals surface area contributed by atoms with Gasteiger partial charge < -0.3 is 15.2 Å². The minimum Gasteiger partial charge on any atom is -0.394 e. The van der Waals surface area contributed by atoms with E-state index in [1.165, 1.54) is 23.5 Å². The van der Waals surface area contributed by atoms with Crippen molar-refractivity contribution in [3.63, 3.8) is 0 Å². The molecule has 0 atom stereocenters. The lowest BCUT2D eigenvalue weighted by Gasteiger charge is -2.25. The number of nitrogens with zero attached hydrogens (tertiary/aromatic N) is 3. The molecule has 1 aromatic carbocycles. The second-order valence-electron chi connectivity index (χ2n) is 8.98. The van der Waals surface area contributed by atoms with Crippen LogP contribution in [0, 0.1) is 11.7 Å². The number of rotatable bonds is 8. The van der Waals surface area contributed by atoms with E-state index in [-0.39, 0.29) is 24.8 Å². The van der Waals surface area contributed by atoms with Crippen molar-refractivity contribution in [1.82, 2.24) is 20.1 Å². The Hall–Kier alpha value is -2.62. The smallest absolute Gasteiger partial charge is 0.226 e. The van der Waals surface area contributed by atoms with Crippen molar-refractivity contribution >= 4 is 17.2 Å². The van der Waals surface area contributed by atoms with Gasteiger partial charge in [-0.25, -0.2) is 9.37 Å². The van der Waals surface area contributed by atoms with Crippen molar-refractivity contribution < 1.29 is 19.0 Å². The molecule has 1 aliphatic heterocycles. The average molecular weight is 473 g/mol. The van der Waals surface area contributed by atoms with E-state index >= 15 is 0 Å². The highest BCUT2D eigenvalue weighted by atomic mass is 32.1. The molecule has 0 bridgehead atoms. The molecule has 1 amide bonds. The Bertz CT molecular complexity index is 1090. The minimum absolute atomic E-state index is 0.0470. The number of halogens is 1. The van der Waals surface area contributed by atoms with Crippen LogP contribution in [0.15, 0.2) is 35.8 Å². The Kier molecular flexibility index (Phi) is 7.21. The van der Waals surface area contributed by atoms with E-state index in [4.69, 9.17) is 4.74 Å². The van der Waals surface area contributed by atoms with Gasteiger partial charge >= 0.3 is 0 Å². The number of hydrogen-bond acceptors (Lipinski definition) is 6. The normalized spacial score (nSPS) is 15.0. The van der Waals surface area contributed by atoms with Crippen molar-refractivity contribution in [1.29, 1.82) is 0 Å². The molecule has 1 saturated heterocycles. The number of aliphatic hydroxyl groups is 1. The van der Waals surface area contributed by atoms with E-state index in [0.29, 0.717) is 18.2 Å². The molecular weight excluding hydrogens is 443 g/mol. The molecule has 1 aliphatic rings. The Labute approximate surface area is 196 Å². The largest absolute Gasteiger partial charge is 0.394 e. The quantitative estimate of drug-likeness (QED) is 0.523. The van der Waals surface area contributed by atoms with Gasteiger partial charge in [0.05, 0.1) is 41.7 Å². The molecule has 1 fully saturated rings. The number of thiazole rings is 1. The molecule has 0 unspecified atom stereocenters. The van der Waals surface area contributed by atoms with Gasteiger partial charge in [-0.15, -0.1) is 11.3 Å². The molecule has 9 heteroatoms. The zero-order valence-corrected chi connectivity index (χ0v) is 19.7. The summed E-state index contributed by atoms with van der Waals surface area (Å²) in [5.74, 6) is 0.0953. The van der Waals surface area contributed by atoms with E-state index in [1.54, 1.807) is 23.0 Å². The Morgan fingerprint density at radius 2 is 2.03 bits per heavy atom. The van der Waals surface area contributed by atoms with E-state index < -0.39 is 5.54 Å². The summed E-state index contributed by atoms with van der Waals surface area (Å²) in [4.78, 5) is 17.1. The third kappa shape index (κ3) is 5.48. The van der Waals surface area contributed by atoms with Crippen LogP contribution in [0.4, 0.5) is 4.39 Å². The van der Waals surface area contributed by atoms with Gasteiger partial charge in [-0.3, -0.25) is 9.48 Å². The second kappa shape index (κ2) is 10.1. The summed E-state index contributed by atoms with van der Waals surface area (Å²) in [6.45, 7) is 5.83. The monoisotopic (exact) mass is 472 g/mol. The van der Waals surface area contributed by atoms with Crippen LogP contribution in [0.5, 0.6) is 0 Å². The van der Waals surface area contributed by atoms with Crippen molar-refractivity contribution in [3.8, 4) is 21.8 Å². The molecule has 2 aromatic heterocycles. The van der Waals surface area contributed by atoms with Gasteiger partial charge in [0, 0.05) is 30.7 Å². The van der Waals surface area contributed by atoms with Gasteiger partial charge in [-0.1, -0.05) is 0 Å². The van der Waals surface area contributed by atoms with Crippen LogP contribution in [0.25, 0.3) is 21.8 Å². The maximum absolute atomic E-state index is 13.5. The van der Waals surface area contributed by atoms with Crippen LogP contribution >= 0.6 is 11.3 Å². The molecule has 7 nitrogen and oxygen atoms in total. The van der Waals surface area contributed by atoms with Gasteiger partial charge in [0.1, 0.15) is 10.8 Å². The number of nitrogens with one attached hydrogen (secondary N) is 1. The molecule has 176 valence electrons. The number of carbonyl (C=O) groups is 1. The number of hydrogen-bond donors (Lipinski definition) is 2. The maximum atomic E-state index is 13.5. The lowest BCUT2D eigenvalue weighted by Crippen LogP contribution is -2.33. The summed E-state index contributed by atoms with van der Waals surface area (Å²) in [5.41, 5.74) is 2.34. The topological polar surface area (TPSA) is 89.3 Å². The van der Waals surface area contributed by atoms with Crippen LogP contribution in [-0.2, 0) is 21.5 Å². The Morgan fingerprint density at radius 1 is 1.30 bits per heavy atom. The summed E-state index contributed by atoms with van der Waals surface area (Å²) in [6.07, 6.45) is 3.87. The molecule has 3 aromatic rings. The fraction of sp³-hybridized carbons (Fsp3) is 0.458. The van der Waals surface area contributed by atoms with E-state index in [1.807, 2.05) is 19.2 Å². The SMILES string of the molecule is CC(C)(CO)n1ncc(-c2nc(CC(=O)NCC3CCOCC3)cs2)c1-c1ccc(F)cc1. The van der Waals surface area contributed by atoms with Crippen LogP contribution in [-0.4, -0.2) is 52.1 Å². The third-order valence-electron chi connectivity index (χ3n) is 5.90. The highest BCUT2D eigenvalue weighted by molar-refractivity contribution is 7.13. The summed E-state index contributed by atoms with van der Waals surface area (Å²) < 4.78 is 20.7. The molecule has 0 spiro atoms. The molecule has 0 saturated carbocycles. The maximum Gasteiger partial charge on any atom is 0.226 e. The predicted molar refractivity (Wildman–Crippen MR) is 125 cm³/mol. The zero-order chi connectivity index (χ0) is 23.4. The minimum atomic E-state index is -0.661. The molecule has 0 aliphatic carbocycles. The lowest BCUT2D eigenvalue weighted by atomic mass is 10.0. The summed E-state index contributed by atoms with van der Waals surface area (Å²) in [5, 5.41) is 20.1. The third-order valence-corrected chi connectivity index (χ3v) is 6.82. The average Bonchev–Trinajstić information content (AvgIpc) is 3.46. The second-order valence-corrected chi connectivity index (χ2v) is 9.83. The van der Waals surface area contributed by atoms with E-state index in [2.05, 4.69) is 15.4 Å². The van der Waals surface area contributed by atoms with Gasteiger partial charge in [0.25, 0.3) is 0 Å². The number of aromatic nitrogens is 3. The van der Waals surface area contributed by atoms with Crippen molar-refractivity contribution in [2.75, 3.05) is 26.4 Å². The van der Waals surface area contributed by atoms with Crippen molar-refractivity contribution in [3.05, 3.63) is 47.4 Å². The molecule has 33 heavy (non-hydrogen) atoms. The number of amides is 1. The van der Waals surface area contributed by atoms with Gasteiger partial charge in [-0.2, -0.15) is 5.10 Å². The van der Waals surface area contributed by atoms with E-state index in [9.17, 15) is 14.3 Å². The molecular formula is C24H29FN4O3S. The lowest BCUT2D eigenvalue weighted by molar-refractivity contribution is -0.120. The van der Waals surface area contributed by atoms with Crippen molar-refractivity contribution in [2.45, 2.75) is 38.6 Å². The molecule has 0 radical (unpaired) electrons. The van der Waals surface area contributed by atoms with Crippen LogP contribution in [0.1, 0.15) is 32.4 Å². The highest BCUT2D eigenvalue weighted by Crippen LogP contribution is 2.36. The van der Waals surface area contributed by atoms with Gasteiger partial charge in [-0.05, 0) is 56.9 Å². The highest BCUT2D eigenvalue weighted by Gasteiger charge is 2.27. The fourth-order valence-corrected chi connectivity index (χ4v) is 4.69. The molecule has 3 heterocycles. The van der Waals surface area contributed by atoms with Crippen LogP contribution < -0.4 is 5.32 Å². The van der Waals surface area contributed by atoms with Crippen LogP contribution in [0.2, 0.25) is 0 Å². The van der Waals surface area contributed by atoms with Gasteiger partial charge in [0.15, 0.2) is 0 Å². The number of carbonyl (C=O) groups excluding carboxylic acids is 1. The Balaban J connectivity index is 1.54. The molecule has 4 rings (SSSR count). The first kappa shape index (κ1) is 23.5. The standard InChI is InChI=1S/C24H29FN4O3S/c1-24(2,15-30)29-22(17-3-5-18(25)6-4-17)20(13-27-29)23-28-19(14-33-23)11-21(31)26-12-16-7-9-32-10-8-16/h3-6,13-14,16,30H,7-12,15H2,1-2H3,(H,26,31). The predicted octanol–water partition coefficient (Wildman–Crippen LogP) is 3.63. The number of aliphatic hydroxyl groups excluding tert-OH is 1. The number of ether oxygens (including phenoxy) is 1. The first-order valence-electron chi connectivity index (χ1n) is 11.1. The van der Waals surface area contributed by atoms with Crippen LogP contribution in [0.3, 0.4) is 0 Å². The van der Waals surface area contributed by atoms with Crippen molar-refractivity contribution in [2.24, 2.45) is 5.92 Å². The molecule has 2 N–H and O–H groups in total. The summed E-state index contributed by atoms with van der Waals surface area (Å²) in [6, 6.07) is 6.19. The summed E-state index contributed by atoms with van der Waals surface area (Å²) in [7, 11) is 0. The zero-order valence-electron chi connectivity index (χ0n) is 18.9.